The summed E-state index contributed by atoms with van der Waals surface area (Å²) in [6.07, 6.45) is 3.31. The maximum absolute atomic E-state index is 13.8. The Morgan fingerprint density at radius 2 is 1.91 bits per heavy atom. The fourth-order valence-corrected chi connectivity index (χ4v) is 4.82. The fourth-order valence-electron chi connectivity index (χ4n) is 4.82. The lowest BCUT2D eigenvalue weighted by atomic mass is 9.85. The second-order valence-electron chi connectivity index (χ2n) is 10.5. The van der Waals surface area contributed by atoms with Crippen molar-refractivity contribution in [3.05, 3.63) is 35.4 Å². The van der Waals surface area contributed by atoms with E-state index in [1.165, 1.54) is 5.56 Å². The highest BCUT2D eigenvalue weighted by Gasteiger charge is 2.45. The van der Waals surface area contributed by atoms with Crippen LogP contribution < -0.4 is 16.0 Å². The second kappa shape index (κ2) is 10.7. The first kappa shape index (κ1) is 25.9. The van der Waals surface area contributed by atoms with Gasteiger partial charge in [-0.15, -0.1) is 0 Å². The lowest BCUT2D eigenvalue weighted by molar-refractivity contribution is -0.144. The molecule has 2 aliphatic rings. The Balaban J connectivity index is 1.81. The van der Waals surface area contributed by atoms with Crippen LogP contribution in [0.4, 0.5) is 0 Å². The van der Waals surface area contributed by atoms with Crippen LogP contribution in [0.1, 0.15) is 64.1 Å². The van der Waals surface area contributed by atoms with Gasteiger partial charge in [0.1, 0.15) is 12.1 Å². The molecule has 1 saturated heterocycles. The van der Waals surface area contributed by atoms with Crippen molar-refractivity contribution >= 4 is 24.4 Å². The number of benzene rings is 1. The zero-order chi connectivity index (χ0) is 25.0. The topological polar surface area (TPSA) is 103 Å². The smallest absolute Gasteiger partial charge is 0.246 e. The monoisotopic (exact) mass is 469 g/mol. The summed E-state index contributed by atoms with van der Waals surface area (Å²) in [5, 5.41) is 9.00. The molecule has 8 heteroatoms. The summed E-state index contributed by atoms with van der Waals surface area (Å²) in [6.45, 7) is 11.4. The van der Waals surface area contributed by atoms with Crippen LogP contribution in [0.25, 0.3) is 0 Å². The molecule has 0 radical (unpaired) electrons. The summed E-state index contributed by atoms with van der Waals surface area (Å²) in [7, 11) is 1.70. The van der Waals surface area contributed by atoms with Gasteiger partial charge in [-0.25, -0.2) is 0 Å². The maximum atomic E-state index is 13.8. The van der Waals surface area contributed by atoms with Crippen LogP contribution in [-0.4, -0.2) is 67.1 Å². The summed E-state index contributed by atoms with van der Waals surface area (Å²) in [6, 6.07) is 6.05. The molecule has 1 aliphatic carbocycles. The first-order valence-corrected chi connectivity index (χ1v) is 12.2. The zero-order valence-corrected chi connectivity index (χ0v) is 21.1. The van der Waals surface area contributed by atoms with E-state index in [4.69, 9.17) is 0 Å². The third-order valence-corrected chi connectivity index (χ3v) is 7.03. The predicted octanol–water partition coefficient (Wildman–Crippen LogP) is 1.99. The van der Waals surface area contributed by atoms with Crippen LogP contribution in [0.2, 0.25) is 0 Å². The quantitative estimate of drug-likeness (QED) is 0.532. The Hall–Kier alpha value is -2.74. The van der Waals surface area contributed by atoms with Crippen LogP contribution in [0, 0.1) is 5.41 Å². The molecule has 1 fully saturated rings. The molecule has 34 heavy (non-hydrogen) atoms. The maximum Gasteiger partial charge on any atom is 0.246 e. The van der Waals surface area contributed by atoms with E-state index < -0.39 is 23.5 Å². The number of amides is 3. The summed E-state index contributed by atoms with van der Waals surface area (Å²) in [5.74, 6) is -0.698. The Bertz CT molecular complexity index is 925. The number of likely N-dealkylation sites (N-methyl/N-ethyl adjacent to an activating group) is 1. The Morgan fingerprint density at radius 3 is 2.56 bits per heavy atom. The van der Waals surface area contributed by atoms with Gasteiger partial charge < -0.3 is 20.9 Å². The lowest BCUT2D eigenvalue weighted by Gasteiger charge is -2.36. The number of nitrogens with zero attached hydrogens (tertiary/aromatic N) is 2. The number of nitrogens with one attached hydrogen (secondary N) is 3. The van der Waals surface area contributed by atoms with E-state index in [2.05, 4.69) is 39.8 Å². The number of aryl methyl sites for hydroxylation is 1. The first-order chi connectivity index (χ1) is 16.1. The van der Waals surface area contributed by atoms with Gasteiger partial charge in [-0.05, 0) is 56.5 Å². The minimum absolute atomic E-state index is 0.0697. The van der Waals surface area contributed by atoms with E-state index >= 15 is 0 Å². The van der Waals surface area contributed by atoms with Crippen LogP contribution >= 0.6 is 0 Å². The van der Waals surface area contributed by atoms with Gasteiger partial charge in [0.25, 0.3) is 0 Å². The van der Waals surface area contributed by atoms with Gasteiger partial charge in [-0.1, -0.05) is 45.0 Å². The van der Waals surface area contributed by atoms with Gasteiger partial charge in [0, 0.05) is 13.0 Å². The number of carbonyl (C=O) groups is 3. The van der Waals surface area contributed by atoms with Crippen molar-refractivity contribution in [2.24, 2.45) is 10.4 Å². The Labute approximate surface area is 203 Å². The van der Waals surface area contributed by atoms with Gasteiger partial charge in [-0.2, -0.15) is 0 Å². The number of aliphatic imine (C=N–C) groups is 1. The molecule has 0 spiro atoms. The molecular weight excluding hydrogens is 430 g/mol. The van der Waals surface area contributed by atoms with Crippen LogP contribution in [-0.2, 0) is 20.8 Å². The number of hydrogen-bond acceptors (Lipinski definition) is 5. The van der Waals surface area contributed by atoms with E-state index in [1.54, 1.807) is 18.9 Å². The van der Waals surface area contributed by atoms with Gasteiger partial charge in [-0.3, -0.25) is 19.4 Å². The molecule has 8 nitrogen and oxygen atoms in total. The molecule has 1 aromatic rings. The molecule has 0 bridgehead atoms. The minimum atomic E-state index is -0.773. The highest BCUT2D eigenvalue weighted by atomic mass is 16.2. The molecule has 3 amide bonds. The predicted molar refractivity (Wildman–Crippen MR) is 134 cm³/mol. The van der Waals surface area contributed by atoms with Crippen molar-refractivity contribution in [3.8, 4) is 0 Å². The van der Waals surface area contributed by atoms with Crippen molar-refractivity contribution in [2.75, 3.05) is 13.6 Å². The first-order valence-electron chi connectivity index (χ1n) is 12.2. The Kier molecular flexibility index (Phi) is 8.13. The Morgan fingerprint density at radius 1 is 1.21 bits per heavy atom. The third kappa shape index (κ3) is 5.66. The SMILES string of the molecule is C=N[C@H]1C[C@@H](C(=O)N[C@@H]2CCCc3ccccc32)N(C(=O)[C@@H](NC(=O)[C@H](C)NC)C(C)(C)C)C1. The summed E-state index contributed by atoms with van der Waals surface area (Å²) in [5.41, 5.74) is 1.87. The van der Waals surface area contributed by atoms with Crippen molar-refractivity contribution in [1.29, 1.82) is 0 Å². The van der Waals surface area contributed by atoms with Gasteiger partial charge in [0.05, 0.1) is 18.1 Å². The molecular formula is C26H39N5O3. The van der Waals surface area contributed by atoms with E-state index in [0.29, 0.717) is 13.0 Å². The second-order valence-corrected chi connectivity index (χ2v) is 10.5. The molecule has 0 aromatic heterocycles. The highest BCUT2D eigenvalue weighted by molar-refractivity contribution is 5.94. The molecule has 1 heterocycles. The van der Waals surface area contributed by atoms with Crippen molar-refractivity contribution in [3.63, 3.8) is 0 Å². The van der Waals surface area contributed by atoms with E-state index in [-0.39, 0.29) is 29.8 Å². The molecule has 3 N–H and O–H groups in total. The summed E-state index contributed by atoms with van der Waals surface area (Å²) >= 11 is 0. The average molecular weight is 470 g/mol. The van der Waals surface area contributed by atoms with Crippen LogP contribution in [0.3, 0.4) is 0 Å². The number of likely N-dealkylation sites (tertiary alicyclic amines) is 1. The molecule has 5 atom stereocenters. The molecule has 186 valence electrons. The third-order valence-electron chi connectivity index (χ3n) is 7.03. The largest absolute Gasteiger partial charge is 0.347 e. The standard InChI is InChI=1S/C26H39N5O3/c1-16(27-5)23(32)30-22(26(2,3)4)25(34)31-15-18(28-6)14-21(31)24(33)29-20-13-9-11-17-10-7-8-12-19(17)20/h7-8,10,12,16,18,20-22,27H,6,9,11,13-15H2,1-5H3,(H,29,33)(H,30,32)/t16-,18-,20+,21-,22+/m0/s1. The van der Waals surface area contributed by atoms with Crippen molar-refractivity contribution < 1.29 is 14.4 Å². The van der Waals surface area contributed by atoms with Crippen molar-refractivity contribution in [1.82, 2.24) is 20.9 Å². The summed E-state index contributed by atoms with van der Waals surface area (Å²) in [4.78, 5) is 45.6. The van der Waals surface area contributed by atoms with Gasteiger partial charge in [0.15, 0.2) is 0 Å². The molecule has 1 aliphatic heterocycles. The fraction of sp³-hybridized carbons (Fsp3) is 0.615. The van der Waals surface area contributed by atoms with Gasteiger partial charge >= 0.3 is 0 Å². The minimum Gasteiger partial charge on any atom is -0.347 e. The average Bonchev–Trinajstić information content (AvgIpc) is 3.25. The normalized spacial score (nSPS) is 24.0. The number of rotatable bonds is 7. The van der Waals surface area contributed by atoms with E-state index in [9.17, 15) is 14.4 Å². The van der Waals surface area contributed by atoms with E-state index in [1.807, 2.05) is 32.9 Å². The van der Waals surface area contributed by atoms with E-state index in [0.717, 1.165) is 24.8 Å². The van der Waals surface area contributed by atoms with Crippen LogP contribution in [0.5, 0.6) is 0 Å². The molecule has 0 saturated carbocycles. The summed E-state index contributed by atoms with van der Waals surface area (Å²) < 4.78 is 0. The number of hydrogen-bond donors (Lipinski definition) is 3. The molecule has 3 rings (SSSR count). The van der Waals surface area contributed by atoms with Crippen molar-refractivity contribution in [2.45, 2.75) is 83.6 Å². The highest BCUT2D eigenvalue weighted by Crippen LogP contribution is 2.31. The molecule has 0 unspecified atom stereocenters. The van der Waals surface area contributed by atoms with Gasteiger partial charge in [0.2, 0.25) is 17.7 Å². The molecule has 1 aromatic carbocycles. The zero-order valence-electron chi connectivity index (χ0n) is 21.1. The number of fused-ring (bicyclic) bond motifs is 1. The number of carbonyl (C=O) groups excluding carboxylic acids is 3. The van der Waals surface area contributed by atoms with Crippen LogP contribution in [0.15, 0.2) is 29.3 Å². The lowest BCUT2D eigenvalue weighted by Crippen LogP contribution is -2.59.